The summed E-state index contributed by atoms with van der Waals surface area (Å²) in [4.78, 5) is 12.0. The van der Waals surface area contributed by atoms with E-state index >= 15 is 0 Å². The van der Waals surface area contributed by atoms with Crippen LogP contribution in [0.15, 0.2) is 18.2 Å². The van der Waals surface area contributed by atoms with Gasteiger partial charge in [-0.25, -0.2) is 0 Å². The summed E-state index contributed by atoms with van der Waals surface area (Å²) in [5, 5.41) is 3.13. The van der Waals surface area contributed by atoms with E-state index in [0.29, 0.717) is 23.0 Å². The van der Waals surface area contributed by atoms with Crippen LogP contribution in [-0.4, -0.2) is 31.3 Å². The van der Waals surface area contributed by atoms with E-state index in [1.54, 1.807) is 25.1 Å². The molecule has 0 spiro atoms. The van der Waals surface area contributed by atoms with Crippen LogP contribution in [0.1, 0.15) is 19.8 Å². The molecule has 2 atom stereocenters. The van der Waals surface area contributed by atoms with E-state index in [-0.39, 0.29) is 12.0 Å². The molecule has 1 heterocycles. The Balaban J connectivity index is 1.83. The van der Waals surface area contributed by atoms with Crippen LogP contribution >= 0.6 is 11.6 Å². The Kier molecular flexibility index (Phi) is 5.23. The highest BCUT2D eigenvalue weighted by Gasteiger charge is 2.20. The molecule has 1 fully saturated rings. The van der Waals surface area contributed by atoms with Crippen molar-refractivity contribution in [2.45, 2.75) is 32.0 Å². The van der Waals surface area contributed by atoms with Crippen molar-refractivity contribution < 1.29 is 14.3 Å². The van der Waals surface area contributed by atoms with E-state index in [4.69, 9.17) is 26.8 Å². The molecule has 110 valence electrons. The normalized spacial score (nSPS) is 19.8. The number of hydrogen-bond donors (Lipinski definition) is 2. The third kappa shape index (κ3) is 4.10. The van der Waals surface area contributed by atoms with Gasteiger partial charge in [0.2, 0.25) is 0 Å². The standard InChI is InChI=1S/C14H19ClN2O3/c1-9(20-8-11-3-2-6-19-11)14(18)17-13-5-4-10(16)7-12(13)15/h4-5,7,9,11H,2-3,6,8,16H2,1H3,(H,17,18). The minimum atomic E-state index is -0.562. The Labute approximate surface area is 123 Å². The number of nitrogens with one attached hydrogen (secondary N) is 1. The van der Waals surface area contributed by atoms with Gasteiger partial charge in [-0.1, -0.05) is 11.6 Å². The molecule has 1 saturated heterocycles. The van der Waals surface area contributed by atoms with Gasteiger partial charge in [0.25, 0.3) is 5.91 Å². The molecule has 20 heavy (non-hydrogen) atoms. The van der Waals surface area contributed by atoms with Gasteiger partial charge in [-0.05, 0) is 38.0 Å². The van der Waals surface area contributed by atoms with Crippen molar-refractivity contribution in [3.05, 3.63) is 23.2 Å². The molecule has 6 heteroatoms. The summed E-state index contributed by atoms with van der Waals surface area (Å²) in [6.45, 7) is 2.91. The summed E-state index contributed by atoms with van der Waals surface area (Å²) in [5.74, 6) is -0.241. The molecule has 5 nitrogen and oxygen atoms in total. The largest absolute Gasteiger partial charge is 0.399 e. The molecule has 2 rings (SSSR count). The average Bonchev–Trinajstić information content (AvgIpc) is 2.92. The summed E-state index contributed by atoms with van der Waals surface area (Å²) in [6, 6.07) is 4.94. The van der Waals surface area contributed by atoms with E-state index in [9.17, 15) is 4.79 Å². The van der Waals surface area contributed by atoms with Crippen molar-refractivity contribution in [2.75, 3.05) is 24.3 Å². The lowest BCUT2D eigenvalue weighted by Gasteiger charge is -2.16. The maximum absolute atomic E-state index is 12.0. The Morgan fingerprint density at radius 2 is 2.45 bits per heavy atom. The summed E-state index contributed by atoms with van der Waals surface area (Å²) in [5.41, 5.74) is 6.68. The van der Waals surface area contributed by atoms with Crippen LogP contribution in [0, 0.1) is 0 Å². The number of anilines is 2. The van der Waals surface area contributed by atoms with E-state index in [1.165, 1.54) is 0 Å². The first-order valence-electron chi connectivity index (χ1n) is 6.65. The number of hydrogen-bond acceptors (Lipinski definition) is 4. The van der Waals surface area contributed by atoms with Crippen LogP contribution in [-0.2, 0) is 14.3 Å². The predicted molar refractivity (Wildman–Crippen MR) is 78.9 cm³/mol. The third-order valence-electron chi connectivity index (χ3n) is 3.18. The minimum absolute atomic E-state index is 0.102. The second-order valence-electron chi connectivity index (χ2n) is 4.84. The van der Waals surface area contributed by atoms with E-state index in [0.717, 1.165) is 19.4 Å². The fourth-order valence-corrected chi connectivity index (χ4v) is 2.21. The molecule has 0 saturated carbocycles. The molecule has 3 N–H and O–H groups in total. The number of amides is 1. The Bertz CT molecular complexity index is 475. The van der Waals surface area contributed by atoms with Crippen LogP contribution in [0.2, 0.25) is 5.02 Å². The molecule has 2 unspecified atom stereocenters. The van der Waals surface area contributed by atoms with Crippen molar-refractivity contribution in [1.82, 2.24) is 0 Å². The van der Waals surface area contributed by atoms with E-state index < -0.39 is 6.10 Å². The second kappa shape index (κ2) is 6.92. The molecule has 0 radical (unpaired) electrons. The summed E-state index contributed by atoms with van der Waals surface area (Å²) in [6.07, 6.45) is 1.58. The molecule has 0 aliphatic carbocycles. The molecule has 0 bridgehead atoms. The molecule has 1 aliphatic rings. The highest BCUT2D eigenvalue weighted by molar-refractivity contribution is 6.34. The number of ether oxygens (including phenoxy) is 2. The van der Waals surface area contributed by atoms with Crippen molar-refractivity contribution >= 4 is 28.9 Å². The zero-order valence-corrected chi connectivity index (χ0v) is 12.2. The highest BCUT2D eigenvalue weighted by Crippen LogP contribution is 2.24. The Morgan fingerprint density at radius 1 is 1.65 bits per heavy atom. The lowest BCUT2D eigenvalue weighted by molar-refractivity contribution is -0.128. The molecule has 1 aromatic carbocycles. The van der Waals surface area contributed by atoms with Gasteiger partial charge in [0.15, 0.2) is 0 Å². The van der Waals surface area contributed by atoms with Crippen molar-refractivity contribution in [3.63, 3.8) is 0 Å². The van der Waals surface area contributed by atoms with Crippen LogP contribution < -0.4 is 11.1 Å². The molecular weight excluding hydrogens is 280 g/mol. The van der Waals surface area contributed by atoms with Gasteiger partial charge in [0.05, 0.1) is 23.4 Å². The SMILES string of the molecule is CC(OCC1CCCO1)C(=O)Nc1ccc(N)cc1Cl. The fraction of sp³-hybridized carbons (Fsp3) is 0.500. The van der Waals surface area contributed by atoms with Crippen LogP contribution in [0.3, 0.4) is 0 Å². The van der Waals surface area contributed by atoms with E-state index in [2.05, 4.69) is 5.32 Å². The second-order valence-corrected chi connectivity index (χ2v) is 5.25. The zero-order chi connectivity index (χ0) is 14.5. The molecule has 0 aromatic heterocycles. The van der Waals surface area contributed by atoms with Crippen LogP contribution in [0.5, 0.6) is 0 Å². The van der Waals surface area contributed by atoms with Crippen molar-refractivity contribution in [2.24, 2.45) is 0 Å². The summed E-state index contributed by atoms with van der Waals surface area (Å²) < 4.78 is 11.0. The van der Waals surface area contributed by atoms with Gasteiger partial charge in [-0.3, -0.25) is 4.79 Å². The first kappa shape index (κ1) is 15.1. The monoisotopic (exact) mass is 298 g/mol. The van der Waals surface area contributed by atoms with Gasteiger partial charge in [0.1, 0.15) is 6.10 Å². The quantitative estimate of drug-likeness (QED) is 0.819. The molecule has 1 amide bonds. The first-order valence-corrected chi connectivity index (χ1v) is 7.03. The van der Waals surface area contributed by atoms with Gasteiger partial charge >= 0.3 is 0 Å². The number of carbonyl (C=O) groups is 1. The van der Waals surface area contributed by atoms with Gasteiger partial charge in [-0.2, -0.15) is 0 Å². The Hall–Kier alpha value is -1.30. The number of carbonyl (C=O) groups excluding carboxylic acids is 1. The molecular formula is C14H19ClN2O3. The third-order valence-corrected chi connectivity index (χ3v) is 3.49. The number of benzene rings is 1. The summed E-state index contributed by atoms with van der Waals surface area (Å²) in [7, 11) is 0. The van der Waals surface area contributed by atoms with Crippen molar-refractivity contribution in [1.29, 1.82) is 0 Å². The number of halogens is 1. The highest BCUT2D eigenvalue weighted by atomic mass is 35.5. The number of nitrogens with two attached hydrogens (primary N) is 1. The maximum atomic E-state index is 12.0. The van der Waals surface area contributed by atoms with Crippen molar-refractivity contribution in [3.8, 4) is 0 Å². The minimum Gasteiger partial charge on any atom is -0.399 e. The molecule has 1 aromatic rings. The van der Waals surface area contributed by atoms with Crippen LogP contribution in [0.4, 0.5) is 11.4 Å². The zero-order valence-electron chi connectivity index (χ0n) is 11.4. The van der Waals surface area contributed by atoms with Crippen LogP contribution in [0.25, 0.3) is 0 Å². The topological polar surface area (TPSA) is 73.6 Å². The number of nitrogen functional groups attached to an aromatic ring is 1. The number of rotatable bonds is 5. The van der Waals surface area contributed by atoms with Gasteiger partial charge in [-0.15, -0.1) is 0 Å². The lowest BCUT2D eigenvalue weighted by atomic mass is 10.2. The van der Waals surface area contributed by atoms with Gasteiger partial charge in [0, 0.05) is 12.3 Å². The Morgan fingerprint density at radius 3 is 3.10 bits per heavy atom. The molecule has 1 aliphatic heterocycles. The maximum Gasteiger partial charge on any atom is 0.253 e. The fourth-order valence-electron chi connectivity index (χ4n) is 1.97. The predicted octanol–water partition coefficient (Wildman–Crippen LogP) is 2.44. The van der Waals surface area contributed by atoms with Gasteiger partial charge < -0.3 is 20.5 Å². The average molecular weight is 299 g/mol. The first-order chi connectivity index (χ1) is 9.56. The lowest BCUT2D eigenvalue weighted by Crippen LogP contribution is -2.30. The smallest absolute Gasteiger partial charge is 0.253 e. The summed E-state index contributed by atoms with van der Waals surface area (Å²) >= 11 is 6.00. The van der Waals surface area contributed by atoms with E-state index in [1.807, 2.05) is 0 Å².